The second-order valence-electron chi connectivity index (χ2n) is 14.9. The van der Waals surface area contributed by atoms with Crippen LogP contribution in [-0.4, -0.2) is 76.9 Å². The van der Waals surface area contributed by atoms with Crippen molar-refractivity contribution in [3.05, 3.63) is 60.8 Å². The van der Waals surface area contributed by atoms with Crippen molar-refractivity contribution in [3.8, 4) is 0 Å². The largest absolute Gasteiger partial charge is 0.472 e. The molecular weight excluding hydrogens is 759 g/mol. The highest BCUT2D eigenvalue weighted by molar-refractivity contribution is 7.47. The van der Waals surface area contributed by atoms with Crippen molar-refractivity contribution >= 4 is 19.8 Å². The Morgan fingerprint density at radius 3 is 1.78 bits per heavy atom. The van der Waals surface area contributed by atoms with Crippen molar-refractivity contribution < 1.29 is 52.9 Å². The molecule has 0 aromatic heterocycles. The molecule has 0 aliphatic carbocycles. The van der Waals surface area contributed by atoms with Crippen LogP contribution in [0.5, 0.6) is 0 Å². The van der Waals surface area contributed by atoms with Gasteiger partial charge in [0.05, 0.1) is 25.9 Å². The molecule has 0 fully saturated rings. The molecule has 4 N–H and O–H groups in total. The second kappa shape index (κ2) is 41.4. The van der Waals surface area contributed by atoms with Crippen LogP contribution < -0.4 is 0 Å². The standard InChI is InChI=1S/C46H81O11P/c1-3-5-7-9-11-12-13-14-15-16-17-18-19-20-24-29-33-37-46(51)57-44(41-56-58(52,53)55-39-43(49)38-47)40-54-45(50)36-32-28-25-21-23-27-31-35-42(48)34-30-26-22-10-8-6-4-2/h14-15,21-22,25-27,30-31,34,42-44,47-49H,3-13,16-20,23-24,28-29,32-33,35-41H2,1-2H3,(H,52,53)/b15-14-,25-21+,26-22-,31-27-,34-30-/t42-,43+,44-/m1/s1. The van der Waals surface area contributed by atoms with Crippen molar-refractivity contribution in [3.63, 3.8) is 0 Å². The molecule has 58 heavy (non-hydrogen) atoms. The lowest BCUT2D eigenvalue weighted by molar-refractivity contribution is -0.161. The number of hydrogen-bond donors (Lipinski definition) is 4. The fourth-order valence-electron chi connectivity index (χ4n) is 5.71. The van der Waals surface area contributed by atoms with E-state index in [1.165, 1.54) is 77.0 Å². The number of phosphoric acid groups is 1. The van der Waals surface area contributed by atoms with Gasteiger partial charge in [-0.3, -0.25) is 18.6 Å². The van der Waals surface area contributed by atoms with E-state index in [1.807, 2.05) is 36.5 Å². The van der Waals surface area contributed by atoms with Gasteiger partial charge in [-0.15, -0.1) is 0 Å². The molecule has 0 bridgehead atoms. The number of aliphatic hydroxyl groups excluding tert-OH is 3. The molecule has 11 nitrogen and oxygen atoms in total. The van der Waals surface area contributed by atoms with Gasteiger partial charge in [-0.1, -0.05) is 152 Å². The molecule has 1 unspecified atom stereocenters. The predicted molar refractivity (Wildman–Crippen MR) is 234 cm³/mol. The summed E-state index contributed by atoms with van der Waals surface area (Å²) in [5.74, 6) is -1.04. The summed E-state index contributed by atoms with van der Waals surface area (Å²) >= 11 is 0. The number of aliphatic hydroxyl groups is 3. The summed E-state index contributed by atoms with van der Waals surface area (Å²) in [6.07, 6.45) is 42.1. The monoisotopic (exact) mass is 841 g/mol. The van der Waals surface area contributed by atoms with Crippen LogP contribution in [-0.2, 0) is 32.7 Å². The van der Waals surface area contributed by atoms with Crippen molar-refractivity contribution in [2.24, 2.45) is 0 Å². The molecule has 0 saturated heterocycles. The van der Waals surface area contributed by atoms with E-state index in [1.54, 1.807) is 6.08 Å². The van der Waals surface area contributed by atoms with Crippen molar-refractivity contribution in [2.45, 2.75) is 193 Å². The summed E-state index contributed by atoms with van der Waals surface area (Å²) in [5.41, 5.74) is 0. The molecule has 0 heterocycles. The van der Waals surface area contributed by atoms with Crippen LogP contribution in [0.3, 0.4) is 0 Å². The van der Waals surface area contributed by atoms with E-state index in [4.69, 9.17) is 19.1 Å². The Kier molecular flexibility index (Phi) is 39.7. The molecule has 0 rings (SSSR count). The predicted octanol–water partition coefficient (Wildman–Crippen LogP) is 10.9. The number of esters is 2. The number of carbonyl (C=O) groups excluding carboxylic acids is 2. The average molecular weight is 841 g/mol. The zero-order chi connectivity index (χ0) is 42.8. The fraction of sp³-hybridized carbons (Fsp3) is 0.739. The zero-order valence-corrected chi connectivity index (χ0v) is 37.0. The number of allylic oxidation sites excluding steroid dienone is 8. The molecule has 0 amide bonds. The molecular formula is C46H81O11P. The van der Waals surface area contributed by atoms with E-state index < -0.39 is 57.9 Å². The minimum Gasteiger partial charge on any atom is -0.462 e. The summed E-state index contributed by atoms with van der Waals surface area (Å²) < 4.78 is 32.6. The van der Waals surface area contributed by atoms with Crippen LogP contribution in [0.25, 0.3) is 0 Å². The van der Waals surface area contributed by atoms with Gasteiger partial charge in [0, 0.05) is 12.8 Å². The first-order chi connectivity index (χ1) is 28.1. The molecule has 0 saturated carbocycles. The molecule has 336 valence electrons. The van der Waals surface area contributed by atoms with Gasteiger partial charge in [0.1, 0.15) is 12.7 Å². The van der Waals surface area contributed by atoms with Crippen molar-refractivity contribution in [1.82, 2.24) is 0 Å². The maximum atomic E-state index is 12.6. The first-order valence-corrected chi connectivity index (χ1v) is 23.8. The van der Waals surface area contributed by atoms with Gasteiger partial charge < -0.3 is 29.7 Å². The lowest BCUT2D eigenvalue weighted by atomic mass is 10.1. The third-order valence-corrected chi connectivity index (χ3v) is 10.2. The summed E-state index contributed by atoms with van der Waals surface area (Å²) in [6.45, 7) is 2.18. The molecule has 0 spiro atoms. The summed E-state index contributed by atoms with van der Waals surface area (Å²) in [5, 5.41) is 28.4. The zero-order valence-electron chi connectivity index (χ0n) is 36.1. The van der Waals surface area contributed by atoms with Crippen LogP contribution in [0.4, 0.5) is 0 Å². The lowest BCUT2D eigenvalue weighted by Gasteiger charge is -2.20. The summed E-state index contributed by atoms with van der Waals surface area (Å²) in [7, 11) is -4.65. The Morgan fingerprint density at radius 2 is 1.10 bits per heavy atom. The van der Waals surface area contributed by atoms with Gasteiger partial charge in [-0.25, -0.2) is 4.57 Å². The maximum absolute atomic E-state index is 12.6. The quantitative estimate of drug-likeness (QED) is 0.0152. The van der Waals surface area contributed by atoms with Crippen molar-refractivity contribution in [1.29, 1.82) is 0 Å². The Balaban J connectivity index is 4.44. The highest BCUT2D eigenvalue weighted by Crippen LogP contribution is 2.43. The first kappa shape index (κ1) is 55.6. The van der Waals surface area contributed by atoms with Gasteiger partial charge in [0.2, 0.25) is 0 Å². The average Bonchev–Trinajstić information content (AvgIpc) is 3.21. The van der Waals surface area contributed by atoms with E-state index in [9.17, 15) is 29.3 Å². The number of ether oxygens (including phenoxy) is 2. The lowest BCUT2D eigenvalue weighted by Crippen LogP contribution is -2.29. The second-order valence-corrected chi connectivity index (χ2v) is 16.4. The van der Waals surface area contributed by atoms with Crippen LogP contribution in [0.15, 0.2) is 60.8 Å². The molecule has 12 heteroatoms. The third kappa shape index (κ3) is 40.4. The highest BCUT2D eigenvalue weighted by atomic mass is 31.2. The molecule has 0 aliphatic heterocycles. The number of hydrogen-bond acceptors (Lipinski definition) is 10. The summed E-state index contributed by atoms with van der Waals surface area (Å²) in [6, 6.07) is 0. The van der Waals surface area contributed by atoms with E-state index in [2.05, 4.69) is 36.6 Å². The van der Waals surface area contributed by atoms with Crippen LogP contribution in [0.1, 0.15) is 174 Å². The normalized spacial score (nSPS) is 14.9. The molecule has 0 aliphatic rings. The van der Waals surface area contributed by atoms with Gasteiger partial charge in [0.25, 0.3) is 0 Å². The molecule has 4 atom stereocenters. The Morgan fingerprint density at radius 1 is 0.586 bits per heavy atom. The SMILES string of the molecule is CCCCC/C=C\C=C/[C@@H](O)C/C=C\C/C=C/CCCC(=O)OC[C@H](COP(=O)(O)OC[C@@H](O)CO)OC(=O)CCCCCCCCC/C=C\CCCCCCCC. The van der Waals surface area contributed by atoms with Crippen LogP contribution >= 0.6 is 7.82 Å². The number of rotatable bonds is 41. The van der Waals surface area contributed by atoms with Gasteiger partial charge in [0.15, 0.2) is 6.10 Å². The smallest absolute Gasteiger partial charge is 0.462 e. The van der Waals surface area contributed by atoms with E-state index in [0.717, 1.165) is 38.5 Å². The molecule has 0 aromatic rings. The van der Waals surface area contributed by atoms with E-state index in [0.29, 0.717) is 32.1 Å². The first-order valence-electron chi connectivity index (χ1n) is 22.4. The Hall–Kier alpha value is -2.37. The number of unbranched alkanes of at least 4 members (excludes halogenated alkanes) is 17. The fourth-order valence-corrected chi connectivity index (χ4v) is 6.50. The number of carbonyl (C=O) groups is 2. The van der Waals surface area contributed by atoms with Gasteiger partial charge in [-0.05, 0) is 70.6 Å². The topological polar surface area (TPSA) is 169 Å². The van der Waals surface area contributed by atoms with Crippen molar-refractivity contribution in [2.75, 3.05) is 26.4 Å². The van der Waals surface area contributed by atoms with E-state index >= 15 is 0 Å². The maximum Gasteiger partial charge on any atom is 0.472 e. The van der Waals surface area contributed by atoms with Gasteiger partial charge in [-0.2, -0.15) is 0 Å². The molecule has 0 radical (unpaired) electrons. The summed E-state index contributed by atoms with van der Waals surface area (Å²) in [4.78, 5) is 35.0. The number of phosphoric ester groups is 1. The van der Waals surface area contributed by atoms with Crippen LogP contribution in [0.2, 0.25) is 0 Å². The molecule has 0 aromatic carbocycles. The Labute approximate surface area is 351 Å². The minimum absolute atomic E-state index is 0.129. The third-order valence-electron chi connectivity index (χ3n) is 9.22. The van der Waals surface area contributed by atoms with E-state index in [-0.39, 0.29) is 19.4 Å². The minimum atomic E-state index is -4.65. The highest BCUT2D eigenvalue weighted by Gasteiger charge is 2.27. The van der Waals surface area contributed by atoms with Gasteiger partial charge >= 0.3 is 19.8 Å². The van der Waals surface area contributed by atoms with Crippen LogP contribution in [0, 0.1) is 0 Å². The Bertz CT molecular complexity index is 1170.